The minimum atomic E-state index is -0.0196. The van der Waals surface area contributed by atoms with Gasteiger partial charge in [0.2, 0.25) is 0 Å². The Labute approximate surface area is 101 Å². The molecule has 92 valence electrons. The summed E-state index contributed by atoms with van der Waals surface area (Å²) in [5.41, 5.74) is 9.27. The van der Waals surface area contributed by atoms with E-state index in [1.807, 2.05) is 26.1 Å². The Morgan fingerprint density at radius 3 is 2.94 bits per heavy atom. The van der Waals surface area contributed by atoms with Crippen LogP contribution in [0.25, 0.3) is 11.0 Å². The smallest absolute Gasteiger partial charge is 0.106 e. The summed E-state index contributed by atoms with van der Waals surface area (Å²) in [4.78, 5) is 4.49. The summed E-state index contributed by atoms with van der Waals surface area (Å²) in [5, 5.41) is 8.80. The Bertz CT molecular complexity index is 519. The van der Waals surface area contributed by atoms with Gasteiger partial charge in [-0.05, 0) is 37.5 Å². The number of hydrogen-bond acceptors (Lipinski definition) is 3. The normalized spacial score (nSPS) is 13.2. The van der Waals surface area contributed by atoms with E-state index in [-0.39, 0.29) is 12.6 Å². The molecule has 1 aromatic heterocycles. The highest BCUT2D eigenvalue weighted by molar-refractivity contribution is 5.76. The third-order valence-corrected chi connectivity index (χ3v) is 3.23. The summed E-state index contributed by atoms with van der Waals surface area (Å²) in [7, 11) is 2.01. The molecule has 17 heavy (non-hydrogen) atoms. The van der Waals surface area contributed by atoms with Gasteiger partial charge in [0.15, 0.2) is 0 Å². The zero-order valence-corrected chi connectivity index (χ0v) is 10.3. The van der Waals surface area contributed by atoms with E-state index >= 15 is 0 Å². The minimum Gasteiger partial charge on any atom is -0.396 e. The first kappa shape index (κ1) is 12.1. The molecule has 1 atom stereocenters. The molecule has 0 radical (unpaired) electrons. The minimum absolute atomic E-state index is 0.0196. The largest absolute Gasteiger partial charge is 0.396 e. The fourth-order valence-corrected chi connectivity index (χ4v) is 2.05. The highest BCUT2D eigenvalue weighted by atomic mass is 16.2. The first-order valence-corrected chi connectivity index (χ1v) is 5.93. The molecule has 3 N–H and O–H groups in total. The number of rotatable bonds is 4. The van der Waals surface area contributed by atoms with E-state index in [0.29, 0.717) is 0 Å². The van der Waals surface area contributed by atoms with Crippen molar-refractivity contribution < 1.29 is 5.11 Å². The lowest BCUT2D eigenvalue weighted by molar-refractivity contribution is 0.280. The third kappa shape index (κ3) is 2.33. The summed E-state index contributed by atoms with van der Waals surface area (Å²) in [6.07, 6.45) is 1.54. The fourth-order valence-electron chi connectivity index (χ4n) is 2.05. The van der Waals surface area contributed by atoms with Gasteiger partial charge in [-0.15, -0.1) is 0 Å². The molecule has 0 saturated carbocycles. The number of nitrogens with zero attached hydrogens (tertiary/aromatic N) is 2. The van der Waals surface area contributed by atoms with Crippen molar-refractivity contribution in [1.82, 2.24) is 9.55 Å². The van der Waals surface area contributed by atoms with Crippen molar-refractivity contribution in [2.24, 2.45) is 12.8 Å². The van der Waals surface area contributed by atoms with Crippen LogP contribution < -0.4 is 5.73 Å². The van der Waals surface area contributed by atoms with Gasteiger partial charge in [-0.1, -0.05) is 6.07 Å². The van der Waals surface area contributed by atoms with Crippen molar-refractivity contribution in [2.45, 2.75) is 25.8 Å². The number of nitrogens with two attached hydrogens (primary N) is 1. The Morgan fingerprint density at radius 1 is 1.47 bits per heavy atom. The zero-order chi connectivity index (χ0) is 12.4. The number of imidazole rings is 1. The molecule has 0 aliphatic heterocycles. The average Bonchev–Trinajstić information content (AvgIpc) is 2.61. The SMILES string of the molecule is Cc1nc2cc(C(N)CCCO)ccc2n1C. The molecule has 1 heterocycles. The molecule has 0 fully saturated rings. The van der Waals surface area contributed by atoms with Crippen molar-refractivity contribution in [3.8, 4) is 0 Å². The van der Waals surface area contributed by atoms with Crippen LogP contribution in [0.3, 0.4) is 0 Å². The van der Waals surface area contributed by atoms with Gasteiger partial charge >= 0.3 is 0 Å². The van der Waals surface area contributed by atoms with E-state index in [2.05, 4.69) is 15.6 Å². The molecule has 1 aromatic carbocycles. The van der Waals surface area contributed by atoms with Gasteiger partial charge in [0.05, 0.1) is 11.0 Å². The lowest BCUT2D eigenvalue weighted by Crippen LogP contribution is -2.10. The van der Waals surface area contributed by atoms with E-state index in [0.717, 1.165) is 35.3 Å². The summed E-state index contributed by atoms with van der Waals surface area (Å²) in [6.45, 7) is 2.18. The Hall–Kier alpha value is -1.39. The van der Waals surface area contributed by atoms with E-state index in [1.165, 1.54) is 0 Å². The number of aliphatic hydroxyl groups is 1. The van der Waals surface area contributed by atoms with Crippen LogP contribution >= 0.6 is 0 Å². The van der Waals surface area contributed by atoms with Crippen molar-refractivity contribution in [2.75, 3.05) is 6.61 Å². The first-order valence-electron chi connectivity index (χ1n) is 5.93. The van der Waals surface area contributed by atoms with Crippen LogP contribution in [0.1, 0.15) is 30.3 Å². The second kappa shape index (κ2) is 4.85. The third-order valence-electron chi connectivity index (χ3n) is 3.23. The van der Waals surface area contributed by atoms with Crippen LogP contribution in [0.4, 0.5) is 0 Å². The molecule has 0 amide bonds. The maximum Gasteiger partial charge on any atom is 0.106 e. The topological polar surface area (TPSA) is 64.1 Å². The molecule has 2 rings (SSSR count). The molecule has 0 aliphatic rings. The van der Waals surface area contributed by atoms with Crippen LogP contribution in [0.5, 0.6) is 0 Å². The maximum atomic E-state index is 8.80. The first-order chi connectivity index (χ1) is 8.13. The zero-order valence-electron chi connectivity index (χ0n) is 10.3. The molecule has 0 bridgehead atoms. The summed E-state index contributed by atoms with van der Waals surface area (Å²) < 4.78 is 2.07. The molecular weight excluding hydrogens is 214 g/mol. The molecular formula is C13H19N3O. The Kier molecular flexibility index (Phi) is 3.45. The van der Waals surface area contributed by atoms with Crippen LogP contribution in [0, 0.1) is 6.92 Å². The van der Waals surface area contributed by atoms with Crippen LogP contribution in [-0.4, -0.2) is 21.3 Å². The molecule has 0 saturated heterocycles. The summed E-state index contributed by atoms with van der Waals surface area (Å²) in [6, 6.07) is 6.13. The monoisotopic (exact) mass is 233 g/mol. The highest BCUT2D eigenvalue weighted by Crippen LogP contribution is 2.21. The number of aromatic nitrogens is 2. The second-order valence-corrected chi connectivity index (χ2v) is 4.44. The molecule has 0 aliphatic carbocycles. The molecule has 0 spiro atoms. The van der Waals surface area contributed by atoms with Gasteiger partial charge in [0.25, 0.3) is 0 Å². The average molecular weight is 233 g/mol. The van der Waals surface area contributed by atoms with Crippen LogP contribution in [0.15, 0.2) is 18.2 Å². The van der Waals surface area contributed by atoms with E-state index in [1.54, 1.807) is 0 Å². The highest BCUT2D eigenvalue weighted by Gasteiger charge is 2.09. The lowest BCUT2D eigenvalue weighted by atomic mass is 10.0. The maximum absolute atomic E-state index is 8.80. The van der Waals surface area contributed by atoms with E-state index < -0.39 is 0 Å². The lowest BCUT2D eigenvalue weighted by Gasteiger charge is -2.11. The number of fused-ring (bicyclic) bond motifs is 1. The van der Waals surface area contributed by atoms with E-state index in [9.17, 15) is 0 Å². The van der Waals surface area contributed by atoms with E-state index in [4.69, 9.17) is 10.8 Å². The van der Waals surface area contributed by atoms with Crippen LogP contribution in [0.2, 0.25) is 0 Å². The Morgan fingerprint density at radius 2 is 2.24 bits per heavy atom. The molecule has 4 heteroatoms. The number of aryl methyl sites for hydroxylation is 2. The van der Waals surface area contributed by atoms with Crippen LogP contribution in [-0.2, 0) is 7.05 Å². The summed E-state index contributed by atoms with van der Waals surface area (Å²) in [5.74, 6) is 1.00. The van der Waals surface area contributed by atoms with Gasteiger partial charge < -0.3 is 15.4 Å². The number of benzene rings is 1. The van der Waals surface area contributed by atoms with Gasteiger partial charge in [0, 0.05) is 19.7 Å². The van der Waals surface area contributed by atoms with Gasteiger partial charge in [-0.2, -0.15) is 0 Å². The molecule has 2 aromatic rings. The van der Waals surface area contributed by atoms with Crippen molar-refractivity contribution in [3.05, 3.63) is 29.6 Å². The summed E-state index contributed by atoms with van der Waals surface area (Å²) >= 11 is 0. The Balaban J connectivity index is 2.31. The van der Waals surface area contributed by atoms with Crippen molar-refractivity contribution >= 4 is 11.0 Å². The fraction of sp³-hybridized carbons (Fsp3) is 0.462. The molecule has 1 unspecified atom stereocenters. The predicted octanol–water partition coefficient (Wildman–Crippen LogP) is 1.65. The van der Waals surface area contributed by atoms with Crippen molar-refractivity contribution in [3.63, 3.8) is 0 Å². The quantitative estimate of drug-likeness (QED) is 0.844. The van der Waals surface area contributed by atoms with Gasteiger partial charge in [0.1, 0.15) is 5.82 Å². The standard InChI is InChI=1S/C13H19N3O/c1-9-15-12-8-10(11(14)4-3-7-17)5-6-13(12)16(9)2/h5-6,8,11,17H,3-4,7,14H2,1-2H3. The van der Waals surface area contributed by atoms with Crippen molar-refractivity contribution in [1.29, 1.82) is 0 Å². The predicted molar refractivity (Wildman–Crippen MR) is 68.7 cm³/mol. The van der Waals surface area contributed by atoms with Gasteiger partial charge in [-0.25, -0.2) is 4.98 Å². The number of aliphatic hydroxyl groups excluding tert-OH is 1. The van der Waals surface area contributed by atoms with Gasteiger partial charge in [-0.3, -0.25) is 0 Å². The second-order valence-electron chi connectivity index (χ2n) is 4.44. The number of hydrogen-bond donors (Lipinski definition) is 2. The molecule has 4 nitrogen and oxygen atoms in total.